The van der Waals surface area contributed by atoms with Gasteiger partial charge < -0.3 is 10.6 Å². The van der Waals surface area contributed by atoms with Crippen molar-refractivity contribution in [3.63, 3.8) is 0 Å². The summed E-state index contributed by atoms with van der Waals surface area (Å²) in [6.07, 6.45) is 0. The SMILES string of the molecule is NS(=O)(=O)c1ccc(NC(=O)Nc2cccc(I)c2)cc1. The van der Waals surface area contributed by atoms with Gasteiger partial charge in [-0.25, -0.2) is 18.4 Å². The normalized spacial score (nSPS) is 11.0. The maximum absolute atomic E-state index is 11.8. The Morgan fingerprint density at radius 1 is 1.00 bits per heavy atom. The van der Waals surface area contributed by atoms with Crippen molar-refractivity contribution in [3.8, 4) is 0 Å². The van der Waals surface area contributed by atoms with Crippen LogP contribution in [0.15, 0.2) is 53.4 Å². The van der Waals surface area contributed by atoms with E-state index in [4.69, 9.17) is 5.14 Å². The highest BCUT2D eigenvalue weighted by Crippen LogP contribution is 2.15. The Morgan fingerprint density at radius 2 is 1.62 bits per heavy atom. The van der Waals surface area contributed by atoms with Crippen LogP contribution in [0.5, 0.6) is 0 Å². The lowest BCUT2D eigenvalue weighted by atomic mass is 10.3. The van der Waals surface area contributed by atoms with Crippen LogP contribution < -0.4 is 15.8 Å². The molecule has 6 nitrogen and oxygen atoms in total. The topological polar surface area (TPSA) is 101 Å². The third-order valence-electron chi connectivity index (χ3n) is 2.52. The maximum Gasteiger partial charge on any atom is 0.323 e. The highest BCUT2D eigenvalue weighted by molar-refractivity contribution is 14.1. The van der Waals surface area contributed by atoms with Crippen LogP contribution in [0.1, 0.15) is 0 Å². The maximum atomic E-state index is 11.8. The number of nitrogens with two attached hydrogens (primary N) is 1. The van der Waals surface area contributed by atoms with Gasteiger partial charge in [0.15, 0.2) is 0 Å². The van der Waals surface area contributed by atoms with E-state index < -0.39 is 16.1 Å². The molecule has 8 heteroatoms. The summed E-state index contributed by atoms with van der Waals surface area (Å²) in [4.78, 5) is 11.8. The molecule has 0 aliphatic rings. The van der Waals surface area contributed by atoms with Crippen molar-refractivity contribution in [2.45, 2.75) is 4.90 Å². The number of amides is 2. The second-order valence-corrected chi connectivity index (χ2v) is 6.97. The van der Waals surface area contributed by atoms with Crippen LogP contribution in [0, 0.1) is 3.57 Å². The van der Waals surface area contributed by atoms with Crippen LogP contribution in [0.3, 0.4) is 0 Å². The molecule has 4 N–H and O–H groups in total. The Balaban J connectivity index is 2.03. The number of sulfonamides is 1. The second-order valence-electron chi connectivity index (χ2n) is 4.16. The summed E-state index contributed by atoms with van der Waals surface area (Å²) in [5.74, 6) is 0. The molecule has 0 radical (unpaired) electrons. The van der Waals surface area contributed by atoms with Crippen molar-refractivity contribution in [2.24, 2.45) is 5.14 Å². The Labute approximate surface area is 135 Å². The van der Waals surface area contributed by atoms with Gasteiger partial charge in [-0.1, -0.05) is 6.07 Å². The lowest BCUT2D eigenvalue weighted by Gasteiger charge is -2.08. The number of carbonyl (C=O) groups excluding carboxylic acids is 1. The molecule has 0 aliphatic heterocycles. The molecule has 0 saturated heterocycles. The Morgan fingerprint density at radius 3 is 2.19 bits per heavy atom. The lowest BCUT2D eigenvalue weighted by molar-refractivity contribution is 0.262. The van der Waals surface area contributed by atoms with E-state index in [1.54, 1.807) is 6.07 Å². The predicted molar refractivity (Wildman–Crippen MR) is 89.6 cm³/mol. The molecule has 0 saturated carbocycles. The molecule has 0 unspecified atom stereocenters. The number of hydrogen-bond acceptors (Lipinski definition) is 3. The van der Waals surface area contributed by atoms with Crippen LogP contribution in [-0.2, 0) is 10.0 Å². The summed E-state index contributed by atoms with van der Waals surface area (Å²) in [5.41, 5.74) is 1.13. The number of urea groups is 1. The van der Waals surface area contributed by atoms with Gasteiger partial charge in [-0.15, -0.1) is 0 Å². The van der Waals surface area contributed by atoms with Gasteiger partial charge in [0.05, 0.1) is 4.90 Å². The Bertz CT molecular complexity index is 760. The smallest absolute Gasteiger partial charge is 0.308 e. The average Bonchev–Trinajstić information content (AvgIpc) is 2.38. The molecule has 21 heavy (non-hydrogen) atoms. The van der Waals surface area contributed by atoms with Gasteiger partial charge in [-0.2, -0.15) is 0 Å². The minimum Gasteiger partial charge on any atom is -0.308 e. The van der Waals surface area contributed by atoms with E-state index in [9.17, 15) is 13.2 Å². The van der Waals surface area contributed by atoms with E-state index >= 15 is 0 Å². The van der Waals surface area contributed by atoms with Crippen molar-refractivity contribution >= 4 is 50.0 Å². The highest BCUT2D eigenvalue weighted by Gasteiger charge is 2.08. The first kappa shape index (κ1) is 15.7. The van der Waals surface area contributed by atoms with Crippen LogP contribution in [0.4, 0.5) is 16.2 Å². The molecular formula is C13H12IN3O3S. The summed E-state index contributed by atoms with van der Waals surface area (Å²) >= 11 is 2.15. The minimum atomic E-state index is -3.73. The minimum absolute atomic E-state index is 0.00827. The molecule has 2 aromatic rings. The van der Waals surface area contributed by atoms with E-state index in [-0.39, 0.29) is 4.90 Å². The molecular weight excluding hydrogens is 405 g/mol. The highest BCUT2D eigenvalue weighted by atomic mass is 127. The summed E-state index contributed by atoms with van der Waals surface area (Å²) in [6.45, 7) is 0. The molecule has 110 valence electrons. The van der Waals surface area contributed by atoms with Crippen molar-refractivity contribution in [1.29, 1.82) is 0 Å². The van der Waals surface area contributed by atoms with Gasteiger partial charge in [-0.3, -0.25) is 0 Å². The Hall–Kier alpha value is -1.65. The lowest BCUT2D eigenvalue weighted by Crippen LogP contribution is -2.19. The fourth-order valence-corrected chi connectivity index (χ4v) is 2.65. The predicted octanol–water partition coefficient (Wildman–Crippen LogP) is 2.58. The molecule has 0 spiro atoms. The zero-order chi connectivity index (χ0) is 15.5. The first-order valence-corrected chi connectivity index (χ1v) is 8.43. The third kappa shape index (κ3) is 4.69. The molecule has 0 atom stereocenters. The van der Waals surface area contributed by atoms with Gasteiger partial charge >= 0.3 is 6.03 Å². The van der Waals surface area contributed by atoms with Crippen LogP contribution >= 0.6 is 22.6 Å². The van der Waals surface area contributed by atoms with Gasteiger partial charge in [0.1, 0.15) is 0 Å². The van der Waals surface area contributed by atoms with Crippen molar-refractivity contribution in [1.82, 2.24) is 0 Å². The monoisotopic (exact) mass is 417 g/mol. The van der Waals surface area contributed by atoms with Gasteiger partial charge in [0.2, 0.25) is 10.0 Å². The van der Waals surface area contributed by atoms with Gasteiger partial charge in [-0.05, 0) is 65.1 Å². The first-order chi connectivity index (χ1) is 9.84. The molecule has 0 bridgehead atoms. The van der Waals surface area contributed by atoms with Gasteiger partial charge in [0.25, 0.3) is 0 Å². The number of nitrogens with one attached hydrogen (secondary N) is 2. The zero-order valence-electron chi connectivity index (χ0n) is 10.7. The number of hydrogen-bond donors (Lipinski definition) is 3. The van der Waals surface area contributed by atoms with Crippen molar-refractivity contribution in [2.75, 3.05) is 10.6 Å². The number of primary sulfonamides is 1. The second kappa shape index (κ2) is 6.41. The van der Waals surface area contributed by atoms with Crippen LogP contribution in [0.25, 0.3) is 0 Å². The summed E-state index contributed by atoms with van der Waals surface area (Å²) in [6, 6.07) is 12.5. The quantitative estimate of drug-likeness (QED) is 0.670. The number of rotatable bonds is 3. The van der Waals surface area contributed by atoms with E-state index in [2.05, 4.69) is 33.2 Å². The van der Waals surface area contributed by atoms with Crippen LogP contribution in [-0.4, -0.2) is 14.4 Å². The van der Waals surface area contributed by atoms with E-state index in [1.165, 1.54) is 24.3 Å². The fraction of sp³-hybridized carbons (Fsp3) is 0. The largest absolute Gasteiger partial charge is 0.323 e. The molecule has 2 aromatic carbocycles. The molecule has 0 heterocycles. The third-order valence-corrected chi connectivity index (χ3v) is 4.12. The van der Waals surface area contributed by atoms with Gasteiger partial charge in [0, 0.05) is 14.9 Å². The number of benzene rings is 2. The number of carbonyl (C=O) groups is 1. The van der Waals surface area contributed by atoms with Crippen molar-refractivity contribution in [3.05, 3.63) is 52.1 Å². The molecule has 0 aromatic heterocycles. The molecule has 2 amide bonds. The summed E-state index contributed by atoms with van der Waals surface area (Å²) in [7, 11) is -3.73. The average molecular weight is 417 g/mol. The van der Waals surface area contributed by atoms with E-state index in [0.717, 1.165) is 3.57 Å². The standard InChI is InChI=1S/C13H12IN3O3S/c14-9-2-1-3-11(8-9)17-13(18)16-10-4-6-12(7-5-10)21(15,19)20/h1-8H,(H2,15,19,20)(H2,16,17,18). The molecule has 0 fully saturated rings. The summed E-state index contributed by atoms with van der Waals surface area (Å²) in [5, 5.41) is 10.3. The van der Waals surface area contributed by atoms with E-state index in [1.807, 2.05) is 18.2 Å². The molecule has 0 aliphatic carbocycles. The fourth-order valence-electron chi connectivity index (χ4n) is 1.59. The van der Waals surface area contributed by atoms with Crippen LogP contribution in [0.2, 0.25) is 0 Å². The zero-order valence-corrected chi connectivity index (χ0v) is 13.7. The summed E-state index contributed by atoms with van der Waals surface area (Å²) < 4.78 is 23.2. The molecule has 2 rings (SSSR count). The first-order valence-electron chi connectivity index (χ1n) is 5.81. The van der Waals surface area contributed by atoms with E-state index in [0.29, 0.717) is 11.4 Å². The van der Waals surface area contributed by atoms with Crippen molar-refractivity contribution < 1.29 is 13.2 Å². The number of anilines is 2. The Kier molecular flexibility index (Phi) is 4.80. The number of halogens is 1.